The number of methoxy groups -OCH3 is 1. The molecule has 31 heavy (non-hydrogen) atoms. The van der Waals surface area contributed by atoms with Crippen molar-refractivity contribution >= 4 is 22.5 Å². The maximum absolute atomic E-state index is 12.8. The number of anilines is 1. The third-order valence-electron chi connectivity index (χ3n) is 5.52. The summed E-state index contributed by atoms with van der Waals surface area (Å²) in [6, 6.07) is 17.2. The summed E-state index contributed by atoms with van der Waals surface area (Å²) in [7, 11) is 1.56. The van der Waals surface area contributed by atoms with Crippen LogP contribution in [0.3, 0.4) is 0 Å². The Bertz CT molecular complexity index is 1220. The topological polar surface area (TPSA) is 93.2 Å². The Labute approximate surface area is 180 Å². The van der Waals surface area contributed by atoms with Crippen molar-refractivity contribution in [2.75, 3.05) is 38.2 Å². The second-order valence-corrected chi connectivity index (χ2v) is 7.43. The van der Waals surface area contributed by atoms with Gasteiger partial charge in [-0.2, -0.15) is 10.5 Å². The van der Waals surface area contributed by atoms with Crippen molar-refractivity contribution in [2.45, 2.75) is 6.42 Å². The van der Waals surface area contributed by atoms with Crippen LogP contribution in [0.5, 0.6) is 5.75 Å². The standard InChI is InChI=1S/C24H21N5O2/c1-31-22-11-17(2-5-20(22)14-26)6-7-28-8-9-29(24(30)16-28)23-12-19-4-3-18(13-25)10-21(19)15-27-23/h2-5,10-12,15H,6-9,16H2,1H3. The highest BCUT2D eigenvalue weighted by atomic mass is 16.5. The first-order chi connectivity index (χ1) is 15.1. The molecule has 1 aliphatic rings. The van der Waals surface area contributed by atoms with Crippen molar-refractivity contribution in [3.63, 3.8) is 0 Å². The zero-order chi connectivity index (χ0) is 21.8. The van der Waals surface area contributed by atoms with Gasteiger partial charge in [-0.3, -0.25) is 14.6 Å². The minimum Gasteiger partial charge on any atom is -0.495 e. The van der Waals surface area contributed by atoms with Gasteiger partial charge in [-0.1, -0.05) is 12.1 Å². The fourth-order valence-electron chi connectivity index (χ4n) is 3.77. The van der Waals surface area contributed by atoms with Gasteiger partial charge in [-0.05, 0) is 47.7 Å². The van der Waals surface area contributed by atoms with E-state index in [0.29, 0.717) is 35.8 Å². The molecule has 0 N–H and O–H groups in total. The van der Waals surface area contributed by atoms with Crippen LogP contribution in [0.2, 0.25) is 0 Å². The highest BCUT2D eigenvalue weighted by Crippen LogP contribution is 2.23. The number of hydrogen-bond acceptors (Lipinski definition) is 6. The molecule has 3 aromatic rings. The molecule has 0 spiro atoms. The van der Waals surface area contributed by atoms with Crippen LogP contribution in [0.4, 0.5) is 5.82 Å². The number of carbonyl (C=O) groups is 1. The monoisotopic (exact) mass is 411 g/mol. The Hall–Kier alpha value is -3.94. The lowest BCUT2D eigenvalue weighted by atomic mass is 10.1. The molecule has 4 rings (SSSR count). The Balaban J connectivity index is 1.40. The zero-order valence-electron chi connectivity index (χ0n) is 17.2. The van der Waals surface area contributed by atoms with Crippen molar-refractivity contribution in [3.05, 3.63) is 65.4 Å². The molecule has 1 aromatic heterocycles. The number of pyridine rings is 1. The SMILES string of the molecule is COc1cc(CCN2CCN(c3cc4ccc(C#N)cc4cn3)C(=O)C2)ccc1C#N. The normalized spacial score (nSPS) is 14.3. The Morgan fingerprint density at radius 2 is 1.94 bits per heavy atom. The maximum Gasteiger partial charge on any atom is 0.242 e. The molecule has 0 bridgehead atoms. The number of amides is 1. The van der Waals surface area contributed by atoms with Crippen molar-refractivity contribution in [2.24, 2.45) is 0 Å². The van der Waals surface area contributed by atoms with Gasteiger partial charge in [0.15, 0.2) is 0 Å². The van der Waals surface area contributed by atoms with Gasteiger partial charge in [0.05, 0.1) is 30.9 Å². The number of benzene rings is 2. The molecule has 7 heteroatoms. The van der Waals surface area contributed by atoms with Gasteiger partial charge in [0, 0.05) is 31.2 Å². The molecule has 0 unspecified atom stereocenters. The quantitative estimate of drug-likeness (QED) is 0.641. The molecule has 1 fully saturated rings. The third kappa shape index (κ3) is 4.32. The average molecular weight is 411 g/mol. The molecule has 1 saturated heterocycles. The molecule has 0 aliphatic carbocycles. The molecule has 1 amide bonds. The maximum atomic E-state index is 12.8. The lowest BCUT2D eigenvalue weighted by Crippen LogP contribution is -2.51. The largest absolute Gasteiger partial charge is 0.495 e. The Morgan fingerprint density at radius 3 is 2.68 bits per heavy atom. The van der Waals surface area contributed by atoms with E-state index in [2.05, 4.69) is 22.0 Å². The fraction of sp³-hybridized carbons (Fsp3) is 0.250. The number of ether oxygens (including phenoxy) is 1. The number of aromatic nitrogens is 1. The summed E-state index contributed by atoms with van der Waals surface area (Å²) in [6.07, 6.45) is 2.48. The lowest BCUT2D eigenvalue weighted by molar-refractivity contribution is -0.121. The summed E-state index contributed by atoms with van der Waals surface area (Å²) in [5.41, 5.74) is 2.17. The summed E-state index contributed by atoms with van der Waals surface area (Å²) in [5, 5.41) is 20.0. The van der Waals surface area contributed by atoms with Crippen LogP contribution in [0, 0.1) is 22.7 Å². The van der Waals surface area contributed by atoms with E-state index in [-0.39, 0.29) is 5.91 Å². The summed E-state index contributed by atoms with van der Waals surface area (Å²) in [6.45, 7) is 2.41. The summed E-state index contributed by atoms with van der Waals surface area (Å²) < 4.78 is 5.27. The predicted octanol–water partition coefficient (Wildman–Crippen LogP) is 2.88. The van der Waals surface area contributed by atoms with Crippen LogP contribution in [-0.2, 0) is 11.2 Å². The molecular formula is C24H21N5O2. The number of piperazine rings is 1. The smallest absolute Gasteiger partial charge is 0.242 e. The molecular weight excluding hydrogens is 390 g/mol. The molecule has 0 atom stereocenters. The van der Waals surface area contributed by atoms with E-state index >= 15 is 0 Å². The van der Waals surface area contributed by atoms with Crippen molar-refractivity contribution < 1.29 is 9.53 Å². The molecule has 0 radical (unpaired) electrons. The average Bonchev–Trinajstić information content (AvgIpc) is 2.81. The number of nitriles is 2. The van der Waals surface area contributed by atoms with E-state index in [0.717, 1.165) is 35.8 Å². The number of carbonyl (C=O) groups excluding carboxylic acids is 1. The summed E-state index contributed by atoms with van der Waals surface area (Å²) in [5.74, 6) is 1.23. The van der Waals surface area contributed by atoms with Gasteiger partial charge in [0.2, 0.25) is 5.91 Å². The highest BCUT2D eigenvalue weighted by Gasteiger charge is 2.25. The Kier molecular flexibility index (Phi) is 5.79. The van der Waals surface area contributed by atoms with Crippen LogP contribution in [0.25, 0.3) is 10.8 Å². The molecule has 154 valence electrons. The van der Waals surface area contributed by atoms with Gasteiger partial charge in [0.1, 0.15) is 17.6 Å². The van der Waals surface area contributed by atoms with E-state index in [9.17, 15) is 4.79 Å². The second-order valence-electron chi connectivity index (χ2n) is 7.43. The van der Waals surface area contributed by atoms with Gasteiger partial charge in [-0.25, -0.2) is 4.98 Å². The van der Waals surface area contributed by atoms with E-state index < -0.39 is 0 Å². The van der Waals surface area contributed by atoms with Crippen molar-refractivity contribution in [1.29, 1.82) is 10.5 Å². The molecule has 7 nitrogen and oxygen atoms in total. The van der Waals surface area contributed by atoms with Crippen LogP contribution >= 0.6 is 0 Å². The van der Waals surface area contributed by atoms with Gasteiger partial charge >= 0.3 is 0 Å². The Morgan fingerprint density at radius 1 is 1.06 bits per heavy atom. The molecule has 2 heterocycles. The van der Waals surface area contributed by atoms with Crippen LogP contribution in [0.15, 0.2) is 48.7 Å². The van der Waals surface area contributed by atoms with Crippen molar-refractivity contribution in [3.8, 4) is 17.9 Å². The summed E-state index contributed by atoms with van der Waals surface area (Å²) >= 11 is 0. The predicted molar refractivity (Wildman–Crippen MR) is 117 cm³/mol. The highest BCUT2D eigenvalue weighted by molar-refractivity contribution is 5.96. The van der Waals surface area contributed by atoms with Crippen LogP contribution in [0.1, 0.15) is 16.7 Å². The number of rotatable bonds is 5. The van der Waals surface area contributed by atoms with Gasteiger partial charge in [-0.15, -0.1) is 0 Å². The lowest BCUT2D eigenvalue weighted by Gasteiger charge is -2.33. The number of nitrogens with zero attached hydrogens (tertiary/aromatic N) is 5. The molecule has 0 saturated carbocycles. The first kappa shape index (κ1) is 20.3. The fourth-order valence-corrected chi connectivity index (χ4v) is 3.77. The van der Waals surface area contributed by atoms with E-state index in [4.69, 9.17) is 15.3 Å². The first-order valence-corrected chi connectivity index (χ1v) is 10.0. The van der Waals surface area contributed by atoms with E-state index in [1.165, 1.54) is 0 Å². The minimum atomic E-state index is 0.0177. The molecule has 2 aromatic carbocycles. The van der Waals surface area contributed by atoms with Gasteiger partial charge in [0.25, 0.3) is 0 Å². The van der Waals surface area contributed by atoms with E-state index in [1.807, 2.05) is 24.3 Å². The van der Waals surface area contributed by atoms with Crippen molar-refractivity contribution in [1.82, 2.24) is 9.88 Å². The van der Waals surface area contributed by atoms with Gasteiger partial charge < -0.3 is 4.74 Å². The van der Waals surface area contributed by atoms with E-state index in [1.54, 1.807) is 36.4 Å². The summed E-state index contributed by atoms with van der Waals surface area (Å²) in [4.78, 5) is 21.1. The first-order valence-electron chi connectivity index (χ1n) is 10.0. The third-order valence-corrected chi connectivity index (χ3v) is 5.52. The number of fused-ring (bicyclic) bond motifs is 1. The van der Waals surface area contributed by atoms with Crippen LogP contribution < -0.4 is 9.64 Å². The second kappa shape index (κ2) is 8.83. The number of hydrogen-bond donors (Lipinski definition) is 0. The zero-order valence-corrected chi connectivity index (χ0v) is 17.2. The molecule has 1 aliphatic heterocycles. The van der Waals surface area contributed by atoms with Crippen LogP contribution in [-0.4, -0.2) is 49.1 Å². The minimum absolute atomic E-state index is 0.0177.